The van der Waals surface area contributed by atoms with Gasteiger partial charge in [0.2, 0.25) is 0 Å². The Kier molecular flexibility index (Phi) is 8.07. The van der Waals surface area contributed by atoms with Crippen molar-refractivity contribution < 1.29 is 14.3 Å². The average Bonchev–Trinajstić information content (AvgIpc) is 2.75. The van der Waals surface area contributed by atoms with Gasteiger partial charge in [-0.15, -0.1) is 0 Å². The fraction of sp³-hybridized carbons (Fsp3) is 0.600. The third-order valence-electron chi connectivity index (χ3n) is 5.23. The zero-order valence-electron chi connectivity index (χ0n) is 16.4. The van der Waals surface area contributed by atoms with Gasteiger partial charge in [-0.25, -0.2) is 0 Å². The van der Waals surface area contributed by atoms with Crippen molar-refractivity contribution in [2.24, 2.45) is 0 Å². The van der Waals surface area contributed by atoms with Gasteiger partial charge in [-0.1, -0.05) is 18.2 Å². The summed E-state index contributed by atoms with van der Waals surface area (Å²) in [4.78, 5) is 30.7. The average molecular weight is 390 g/mol. The van der Waals surface area contributed by atoms with E-state index in [1.807, 2.05) is 6.07 Å². The molecule has 1 aromatic carbocycles. The monoisotopic (exact) mass is 389 g/mol. The second-order valence-corrected chi connectivity index (χ2v) is 7.13. The summed E-state index contributed by atoms with van der Waals surface area (Å²) in [5, 5.41) is 5.41. The molecule has 28 heavy (non-hydrogen) atoms. The molecular weight excluding hydrogens is 358 g/mol. The van der Waals surface area contributed by atoms with Crippen molar-refractivity contribution in [1.82, 2.24) is 20.4 Å². The summed E-state index contributed by atoms with van der Waals surface area (Å²) in [5.41, 5.74) is 1.25. The van der Waals surface area contributed by atoms with E-state index in [-0.39, 0.29) is 0 Å². The van der Waals surface area contributed by atoms with Crippen LogP contribution in [0.15, 0.2) is 30.3 Å². The van der Waals surface area contributed by atoms with E-state index in [4.69, 9.17) is 4.74 Å². The molecule has 0 aromatic heterocycles. The van der Waals surface area contributed by atoms with E-state index in [0.717, 1.165) is 65.6 Å². The van der Waals surface area contributed by atoms with Crippen molar-refractivity contribution in [3.8, 4) is 0 Å². The first kappa shape index (κ1) is 20.6. The number of morpholine rings is 1. The van der Waals surface area contributed by atoms with Crippen molar-refractivity contribution in [2.75, 3.05) is 83.6 Å². The number of amides is 2. The van der Waals surface area contributed by atoms with Crippen molar-refractivity contribution in [1.29, 1.82) is 0 Å². The van der Waals surface area contributed by atoms with Crippen LogP contribution in [-0.2, 0) is 14.3 Å². The SMILES string of the molecule is O=C(NCCN1CCOCC1)C(=O)NCCN1CCN(c2ccccc2)CC1. The van der Waals surface area contributed by atoms with Crippen LogP contribution < -0.4 is 15.5 Å². The molecule has 1 aromatic rings. The molecule has 2 amide bonds. The molecule has 0 bridgehead atoms. The van der Waals surface area contributed by atoms with E-state index in [2.05, 4.69) is 49.6 Å². The number of para-hydroxylation sites is 1. The van der Waals surface area contributed by atoms with Crippen LogP contribution in [0.1, 0.15) is 0 Å². The first-order valence-corrected chi connectivity index (χ1v) is 10.1. The molecule has 0 saturated carbocycles. The van der Waals surface area contributed by atoms with Crippen LogP contribution in [-0.4, -0.2) is 100 Å². The minimum absolute atomic E-state index is 0.480. The van der Waals surface area contributed by atoms with E-state index in [1.165, 1.54) is 5.69 Å². The highest BCUT2D eigenvalue weighted by atomic mass is 16.5. The lowest BCUT2D eigenvalue weighted by Gasteiger charge is -2.36. The van der Waals surface area contributed by atoms with E-state index < -0.39 is 11.8 Å². The molecule has 0 atom stereocenters. The van der Waals surface area contributed by atoms with Gasteiger partial charge in [0, 0.05) is 71.1 Å². The lowest BCUT2D eigenvalue weighted by molar-refractivity contribution is -0.139. The van der Waals surface area contributed by atoms with E-state index >= 15 is 0 Å². The molecule has 2 N–H and O–H groups in total. The second-order valence-electron chi connectivity index (χ2n) is 7.13. The van der Waals surface area contributed by atoms with Crippen LogP contribution in [0.2, 0.25) is 0 Å². The van der Waals surface area contributed by atoms with Crippen LogP contribution >= 0.6 is 0 Å². The molecule has 2 heterocycles. The molecule has 0 radical (unpaired) electrons. The number of ether oxygens (including phenoxy) is 1. The Morgan fingerprint density at radius 2 is 1.32 bits per heavy atom. The molecule has 2 aliphatic rings. The van der Waals surface area contributed by atoms with Gasteiger partial charge in [-0.05, 0) is 12.1 Å². The maximum atomic E-state index is 11.9. The Labute approximate surface area is 166 Å². The summed E-state index contributed by atoms with van der Waals surface area (Å²) in [7, 11) is 0. The van der Waals surface area contributed by atoms with Gasteiger partial charge in [0.15, 0.2) is 0 Å². The summed E-state index contributed by atoms with van der Waals surface area (Å²) >= 11 is 0. The largest absolute Gasteiger partial charge is 0.379 e. The standard InChI is InChI=1S/C20H31N5O3/c26-19(20(27)22-7-9-24-14-16-28-17-15-24)21-6-8-23-10-12-25(13-11-23)18-4-2-1-3-5-18/h1-5H,6-17H2,(H,21,26)(H,22,27). The topological polar surface area (TPSA) is 77.1 Å². The van der Waals surface area contributed by atoms with Crippen LogP contribution in [0.5, 0.6) is 0 Å². The lowest BCUT2D eigenvalue weighted by Crippen LogP contribution is -2.49. The Balaban J connectivity index is 1.25. The maximum Gasteiger partial charge on any atom is 0.309 e. The number of rotatable bonds is 7. The van der Waals surface area contributed by atoms with Crippen molar-refractivity contribution in [2.45, 2.75) is 0 Å². The third kappa shape index (κ3) is 6.47. The Morgan fingerprint density at radius 1 is 0.786 bits per heavy atom. The number of piperazine rings is 1. The molecule has 8 heteroatoms. The van der Waals surface area contributed by atoms with E-state index in [9.17, 15) is 9.59 Å². The van der Waals surface area contributed by atoms with Gasteiger partial charge in [-0.3, -0.25) is 19.4 Å². The lowest BCUT2D eigenvalue weighted by atomic mass is 10.2. The Bertz CT molecular complexity index is 614. The molecule has 2 fully saturated rings. The first-order chi connectivity index (χ1) is 13.7. The number of carbonyl (C=O) groups is 2. The van der Waals surface area contributed by atoms with Crippen molar-refractivity contribution >= 4 is 17.5 Å². The molecule has 2 aliphatic heterocycles. The smallest absolute Gasteiger partial charge is 0.309 e. The maximum absolute atomic E-state index is 11.9. The minimum atomic E-state index is -0.554. The highest BCUT2D eigenvalue weighted by Crippen LogP contribution is 2.15. The van der Waals surface area contributed by atoms with Crippen LogP contribution in [0.3, 0.4) is 0 Å². The zero-order chi connectivity index (χ0) is 19.6. The summed E-state index contributed by atoms with van der Waals surface area (Å²) in [6.45, 7) is 9.53. The van der Waals surface area contributed by atoms with Gasteiger partial charge in [0.1, 0.15) is 0 Å². The molecule has 0 aliphatic carbocycles. The number of nitrogens with one attached hydrogen (secondary N) is 2. The molecular formula is C20H31N5O3. The third-order valence-corrected chi connectivity index (χ3v) is 5.23. The predicted octanol–water partition coefficient (Wildman–Crippen LogP) is -0.627. The second kappa shape index (κ2) is 11.0. The van der Waals surface area contributed by atoms with E-state index in [1.54, 1.807) is 0 Å². The summed E-state index contributed by atoms with van der Waals surface area (Å²) in [5.74, 6) is -1.10. The minimum Gasteiger partial charge on any atom is -0.379 e. The normalized spacial score (nSPS) is 18.6. The van der Waals surface area contributed by atoms with Crippen LogP contribution in [0.25, 0.3) is 0 Å². The molecule has 0 unspecified atom stereocenters. The first-order valence-electron chi connectivity index (χ1n) is 10.1. The fourth-order valence-corrected chi connectivity index (χ4v) is 3.51. The molecule has 0 spiro atoms. The Morgan fingerprint density at radius 3 is 1.89 bits per heavy atom. The highest BCUT2D eigenvalue weighted by Gasteiger charge is 2.18. The van der Waals surface area contributed by atoms with Gasteiger partial charge < -0.3 is 20.3 Å². The van der Waals surface area contributed by atoms with Gasteiger partial charge in [-0.2, -0.15) is 0 Å². The van der Waals surface area contributed by atoms with Gasteiger partial charge >= 0.3 is 11.8 Å². The predicted molar refractivity (Wildman–Crippen MR) is 108 cm³/mol. The van der Waals surface area contributed by atoms with E-state index in [0.29, 0.717) is 13.1 Å². The molecule has 8 nitrogen and oxygen atoms in total. The zero-order valence-corrected chi connectivity index (χ0v) is 16.4. The molecule has 154 valence electrons. The summed E-state index contributed by atoms with van der Waals surface area (Å²) in [6.07, 6.45) is 0. The number of carbonyl (C=O) groups excluding carboxylic acids is 2. The van der Waals surface area contributed by atoms with Gasteiger partial charge in [0.05, 0.1) is 13.2 Å². The number of nitrogens with zero attached hydrogens (tertiary/aromatic N) is 3. The summed E-state index contributed by atoms with van der Waals surface area (Å²) in [6, 6.07) is 10.4. The van der Waals surface area contributed by atoms with Crippen LogP contribution in [0.4, 0.5) is 5.69 Å². The van der Waals surface area contributed by atoms with Crippen molar-refractivity contribution in [3.63, 3.8) is 0 Å². The number of hydrogen-bond donors (Lipinski definition) is 2. The molecule has 2 saturated heterocycles. The number of hydrogen-bond acceptors (Lipinski definition) is 6. The number of anilines is 1. The highest BCUT2D eigenvalue weighted by molar-refractivity contribution is 6.35. The Hall–Kier alpha value is -2.16. The van der Waals surface area contributed by atoms with Crippen LogP contribution in [0, 0.1) is 0 Å². The number of benzene rings is 1. The summed E-state index contributed by atoms with van der Waals surface area (Å²) < 4.78 is 5.29. The molecule has 3 rings (SSSR count). The van der Waals surface area contributed by atoms with Crippen molar-refractivity contribution in [3.05, 3.63) is 30.3 Å². The quantitative estimate of drug-likeness (QED) is 0.605. The fourth-order valence-electron chi connectivity index (χ4n) is 3.51. The van der Waals surface area contributed by atoms with Gasteiger partial charge in [0.25, 0.3) is 0 Å².